The van der Waals surface area contributed by atoms with Gasteiger partial charge in [-0.05, 0) is 38.0 Å². The number of nitrogens with two attached hydrogens (primary N) is 1. The van der Waals surface area contributed by atoms with Gasteiger partial charge in [-0.25, -0.2) is 0 Å². The minimum atomic E-state index is -0.390. The van der Waals surface area contributed by atoms with E-state index in [-0.39, 0.29) is 18.1 Å². The number of hydrogen-bond acceptors (Lipinski definition) is 3. The number of ether oxygens (including phenoxy) is 1. The SMILES string of the molecule is CCC1Oc2ccc(N)cc2CN(C(C)CC)C1=O. The highest BCUT2D eigenvalue weighted by Gasteiger charge is 2.31. The molecule has 0 radical (unpaired) electrons. The van der Waals surface area contributed by atoms with Gasteiger partial charge in [-0.1, -0.05) is 13.8 Å². The highest BCUT2D eigenvalue weighted by molar-refractivity contribution is 5.82. The summed E-state index contributed by atoms with van der Waals surface area (Å²) in [7, 11) is 0. The van der Waals surface area contributed by atoms with Crippen molar-refractivity contribution in [3.05, 3.63) is 23.8 Å². The van der Waals surface area contributed by atoms with Gasteiger partial charge in [0.1, 0.15) is 5.75 Å². The summed E-state index contributed by atoms with van der Waals surface area (Å²) >= 11 is 0. The van der Waals surface area contributed by atoms with Gasteiger partial charge in [0.25, 0.3) is 5.91 Å². The lowest BCUT2D eigenvalue weighted by molar-refractivity contribution is -0.140. The highest BCUT2D eigenvalue weighted by Crippen LogP contribution is 2.29. The zero-order valence-corrected chi connectivity index (χ0v) is 11.8. The molecule has 1 aromatic carbocycles. The van der Waals surface area contributed by atoms with Crippen LogP contribution in [-0.4, -0.2) is 23.0 Å². The summed E-state index contributed by atoms with van der Waals surface area (Å²) in [5.74, 6) is 0.854. The van der Waals surface area contributed by atoms with Crippen molar-refractivity contribution >= 4 is 11.6 Å². The van der Waals surface area contributed by atoms with Gasteiger partial charge in [-0.3, -0.25) is 4.79 Å². The molecule has 0 saturated heterocycles. The van der Waals surface area contributed by atoms with E-state index < -0.39 is 0 Å². The molecule has 1 aliphatic rings. The molecule has 0 aliphatic carbocycles. The smallest absolute Gasteiger partial charge is 0.264 e. The lowest BCUT2D eigenvalue weighted by atomic mass is 10.1. The quantitative estimate of drug-likeness (QED) is 0.852. The Bertz CT molecular complexity index is 473. The zero-order chi connectivity index (χ0) is 14.0. The summed E-state index contributed by atoms with van der Waals surface area (Å²) in [6.45, 7) is 6.71. The maximum Gasteiger partial charge on any atom is 0.264 e. The van der Waals surface area contributed by atoms with Crippen LogP contribution in [0, 0.1) is 0 Å². The van der Waals surface area contributed by atoms with Crippen LogP contribution in [0.5, 0.6) is 5.75 Å². The largest absolute Gasteiger partial charge is 0.480 e. The van der Waals surface area contributed by atoms with Gasteiger partial charge < -0.3 is 15.4 Å². The molecule has 0 aromatic heterocycles. The summed E-state index contributed by atoms with van der Waals surface area (Å²) in [6, 6.07) is 5.78. The second-order valence-electron chi connectivity index (χ2n) is 5.11. The van der Waals surface area contributed by atoms with Crippen LogP contribution in [0.25, 0.3) is 0 Å². The van der Waals surface area contributed by atoms with Crippen molar-refractivity contribution in [3.8, 4) is 5.75 Å². The number of anilines is 1. The van der Waals surface area contributed by atoms with Gasteiger partial charge in [0.15, 0.2) is 6.10 Å². The molecule has 2 N–H and O–H groups in total. The standard InChI is InChI=1S/C15H22N2O2/c1-4-10(3)17-9-11-8-12(16)6-7-14(11)19-13(5-2)15(17)18/h6-8,10,13H,4-5,9,16H2,1-3H3. The number of rotatable bonds is 3. The zero-order valence-electron chi connectivity index (χ0n) is 11.8. The third-order valence-electron chi connectivity index (χ3n) is 3.75. The number of carbonyl (C=O) groups excluding carboxylic acids is 1. The molecule has 1 aromatic rings. The van der Waals surface area contributed by atoms with Gasteiger partial charge >= 0.3 is 0 Å². The van der Waals surface area contributed by atoms with Crippen molar-refractivity contribution in [2.24, 2.45) is 0 Å². The molecule has 104 valence electrons. The molecule has 4 heteroatoms. The topological polar surface area (TPSA) is 55.6 Å². The van der Waals surface area contributed by atoms with E-state index >= 15 is 0 Å². The lowest BCUT2D eigenvalue weighted by Crippen LogP contribution is -2.43. The normalized spacial score (nSPS) is 20.5. The van der Waals surface area contributed by atoms with Crippen LogP contribution in [0.1, 0.15) is 39.2 Å². The van der Waals surface area contributed by atoms with E-state index in [0.29, 0.717) is 18.7 Å². The first-order valence-electron chi connectivity index (χ1n) is 6.92. The molecule has 1 amide bonds. The fourth-order valence-corrected chi connectivity index (χ4v) is 2.34. The average molecular weight is 262 g/mol. The Kier molecular flexibility index (Phi) is 3.98. The predicted molar refractivity (Wildman–Crippen MR) is 75.9 cm³/mol. The number of fused-ring (bicyclic) bond motifs is 1. The predicted octanol–water partition coefficient (Wildman–Crippen LogP) is 2.57. The summed E-state index contributed by atoms with van der Waals surface area (Å²) in [5.41, 5.74) is 7.52. The Morgan fingerprint density at radius 3 is 2.84 bits per heavy atom. The van der Waals surface area contributed by atoms with Crippen LogP contribution < -0.4 is 10.5 Å². The molecule has 2 unspecified atom stereocenters. The van der Waals surface area contributed by atoms with E-state index in [2.05, 4.69) is 13.8 Å². The maximum absolute atomic E-state index is 12.5. The number of benzene rings is 1. The molecule has 1 aliphatic heterocycles. The third-order valence-corrected chi connectivity index (χ3v) is 3.75. The number of nitrogens with zero attached hydrogens (tertiary/aromatic N) is 1. The highest BCUT2D eigenvalue weighted by atomic mass is 16.5. The third kappa shape index (κ3) is 2.67. The van der Waals surface area contributed by atoms with Crippen molar-refractivity contribution in [2.45, 2.75) is 52.3 Å². The van der Waals surface area contributed by atoms with Gasteiger partial charge in [-0.15, -0.1) is 0 Å². The van der Waals surface area contributed by atoms with E-state index in [1.54, 1.807) is 0 Å². The van der Waals surface area contributed by atoms with E-state index in [4.69, 9.17) is 10.5 Å². The van der Waals surface area contributed by atoms with Crippen molar-refractivity contribution in [1.29, 1.82) is 0 Å². The van der Waals surface area contributed by atoms with Crippen molar-refractivity contribution in [3.63, 3.8) is 0 Å². The van der Waals surface area contributed by atoms with Gasteiger partial charge in [0, 0.05) is 23.8 Å². The number of carbonyl (C=O) groups is 1. The summed E-state index contributed by atoms with van der Waals surface area (Å²) in [6.07, 6.45) is 1.22. The monoisotopic (exact) mass is 262 g/mol. The molecule has 2 rings (SSSR count). The van der Waals surface area contributed by atoms with E-state index in [0.717, 1.165) is 17.7 Å². The Morgan fingerprint density at radius 2 is 2.21 bits per heavy atom. The molecule has 0 saturated carbocycles. The number of amides is 1. The first-order valence-corrected chi connectivity index (χ1v) is 6.92. The molecule has 0 fully saturated rings. The molecule has 2 atom stereocenters. The molecule has 1 heterocycles. The molecule has 0 bridgehead atoms. The minimum Gasteiger partial charge on any atom is -0.480 e. The number of hydrogen-bond donors (Lipinski definition) is 1. The molecular formula is C15H22N2O2. The van der Waals surface area contributed by atoms with Crippen LogP contribution in [-0.2, 0) is 11.3 Å². The van der Waals surface area contributed by atoms with Crippen LogP contribution in [0.3, 0.4) is 0 Å². The van der Waals surface area contributed by atoms with Crippen LogP contribution in [0.15, 0.2) is 18.2 Å². The van der Waals surface area contributed by atoms with E-state index in [1.165, 1.54) is 0 Å². The Labute approximate surface area is 114 Å². The molecule has 19 heavy (non-hydrogen) atoms. The van der Waals surface area contributed by atoms with E-state index in [1.807, 2.05) is 30.0 Å². The second-order valence-corrected chi connectivity index (χ2v) is 5.11. The Balaban J connectivity index is 2.40. The number of nitrogen functional groups attached to an aromatic ring is 1. The maximum atomic E-state index is 12.5. The fraction of sp³-hybridized carbons (Fsp3) is 0.533. The van der Waals surface area contributed by atoms with Crippen molar-refractivity contribution < 1.29 is 9.53 Å². The summed E-state index contributed by atoms with van der Waals surface area (Å²) in [5, 5.41) is 0. The molecular weight excluding hydrogens is 240 g/mol. The summed E-state index contributed by atoms with van der Waals surface area (Å²) < 4.78 is 5.85. The first kappa shape index (κ1) is 13.7. The Hall–Kier alpha value is -1.71. The van der Waals surface area contributed by atoms with E-state index in [9.17, 15) is 4.79 Å². The first-order chi connectivity index (χ1) is 9.06. The average Bonchev–Trinajstić information content (AvgIpc) is 2.55. The minimum absolute atomic E-state index is 0.0756. The Morgan fingerprint density at radius 1 is 1.47 bits per heavy atom. The lowest BCUT2D eigenvalue weighted by Gasteiger charge is -2.28. The van der Waals surface area contributed by atoms with Gasteiger partial charge in [0.2, 0.25) is 0 Å². The molecule has 4 nitrogen and oxygen atoms in total. The van der Waals surface area contributed by atoms with Crippen LogP contribution in [0.2, 0.25) is 0 Å². The van der Waals surface area contributed by atoms with Crippen LogP contribution >= 0.6 is 0 Å². The molecule has 0 spiro atoms. The van der Waals surface area contributed by atoms with Crippen LogP contribution in [0.4, 0.5) is 5.69 Å². The summed E-state index contributed by atoms with van der Waals surface area (Å²) in [4.78, 5) is 14.4. The van der Waals surface area contributed by atoms with Crippen molar-refractivity contribution in [2.75, 3.05) is 5.73 Å². The van der Waals surface area contributed by atoms with Gasteiger partial charge in [0.05, 0.1) is 0 Å². The second kappa shape index (κ2) is 5.51. The van der Waals surface area contributed by atoms with Gasteiger partial charge in [-0.2, -0.15) is 0 Å². The fourth-order valence-electron chi connectivity index (χ4n) is 2.34. The van der Waals surface area contributed by atoms with Crippen molar-refractivity contribution in [1.82, 2.24) is 4.90 Å².